The number of nitrogens with zero attached hydrogens (tertiary/aromatic N) is 2. The van der Waals surface area contributed by atoms with Gasteiger partial charge in [-0.1, -0.05) is 11.6 Å². The number of hydrogen-bond donors (Lipinski definition) is 2. The molecule has 130 valence electrons. The van der Waals surface area contributed by atoms with Gasteiger partial charge >= 0.3 is 0 Å². The molecular formula is C16H14ClN3O4S. The molecule has 2 saturated heterocycles. The topological polar surface area (TPSA) is 89.5 Å². The van der Waals surface area contributed by atoms with Crippen molar-refractivity contribution in [3.8, 4) is 17.3 Å². The number of aliphatic hydroxyl groups is 1. The second kappa shape index (κ2) is 5.93. The van der Waals surface area contributed by atoms with Crippen LogP contribution in [0.4, 0.5) is 0 Å². The number of hydrogen-bond acceptors (Lipinski definition) is 7. The molecule has 5 rings (SSSR count). The van der Waals surface area contributed by atoms with Crippen LogP contribution in [0, 0.1) is 0 Å². The van der Waals surface area contributed by atoms with E-state index in [4.69, 9.17) is 25.8 Å². The minimum absolute atomic E-state index is 0.260. The molecule has 2 aliphatic heterocycles. The first-order valence-corrected chi connectivity index (χ1v) is 9.18. The maximum Gasteiger partial charge on any atom is 0.296 e. The fourth-order valence-electron chi connectivity index (χ4n) is 3.24. The van der Waals surface area contributed by atoms with Crippen LogP contribution in [0.25, 0.3) is 22.4 Å². The Hall–Kier alpha value is -1.71. The summed E-state index contributed by atoms with van der Waals surface area (Å²) in [4.78, 5) is 12.0. The van der Waals surface area contributed by atoms with Gasteiger partial charge < -0.3 is 24.3 Å². The monoisotopic (exact) mass is 379 g/mol. The van der Waals surface area contributed by atoms with Crippen molar-refractivity contribution in [1.29, 1.82) is 0 Å². The molecule has 9 heteroatoms. The van der Waals surface area contributed by atoms with E-state index in [0.717, 1.165) is 5.56 Å². The molecule has 0 aliphatic carbocycles. The molecule has 0 bridgehead atoms. The minimum Gasteiger partial charge on any atom is -0.456 e. The lowest BCUT2D eigenvalue weighted by Crippen LogP contribution is -2.34. The second-order valence-electron chi connectivity index (χ2n) is 6.06. The summed E-state index contributed by atoms with van der Waals surface area (Å²) < 4.78 is 17.0. The molecule has 2 N–H and O–H groups in total. The largest absolute Gasteiger partial charge is 0.456 e. The molecule has 0 radical (unpaired) electrons. The van der Waals surface area contributed by atoms with Gasteiger partial charge in [0.1, 0.15) is 18.3 Å². The summed E-state index contributed by atoms with van der Waals surface area (Å²) in [6.45, 7) is 0.605. The van der Waals surface area contributed by atoms with Crippen molar-refractivity contribution >= 4 is 34.1 Å². The molecule has 4 atom stereocenters. The highest BCUT2D eigenvalue weighted by atomic mass is 35.5. The Morgan fingerprint density at radius 1 is 1.28 bits per heavy atom. The fraction of sp³-hybridized carbons (Fsp3) is 0.375. The molecule has 25 heavy (non-hydrogen) atoms. The molecule has 0 amide bonds. The Bertz CT molecular complexity index is 916. The number of fused-ring (bicyclic) bond motifs is 2. The average Bonchev–Trinajstić information content (AvgIpc) is 3.34. The van der Waals surface area contributed by atoms with Crippen molar-refractivity contribution in [2.45, 2.75) is 24.4 Å². The lowest BCUT2D eigenvalue weighted by Gasteiger charge is -2.15. The quantitative estimate of drug-likeness (QED) is 0.725. The van der Waals surface area contributed by atoms with Gasteiger partial charge in [0.25, 0.3) is 6.01 Å². The van der Waals surface area contributed by atoms with Gasteiger partial charge in [-0.05, 0) is 17.5 Å². The van der Waals surface area contributed by atoms with E-state index in [1.807, 2.05) is 16.8 Å². The van der Waals surface area contributed by atoms with E-state index in [1.54, 1.807) is 17.4 Å². The van der Waals surface area contributed by atoms with Gasteiger partial charge in [-0.25, -0.2) is 4.98 Å². The number of ether oxygens (including phenoxy) is 3. The SMILES string of the molecule is O[C@@H]1CO[C@H]2[C@@H]1OC[C@H]2Oc1nc2nc(-c3ccsc3)c(Cl)cc2[nH]1. The van der Waals surface area contributed by atoms with Gasteiger partial charge in [0.05, 0.1) is 29.4 Å². The molecule has 0 spiro atoms. The van der Waals surface area contributed by atoms with Crippen LogP contribution in [-0.4, -0.2) is 57.7 Å². The smallest absolute Gasteiger partial charge is 0.296 e. The predicted molar refractivity (Wildman–Crippen MR) is 92.1 cm³/mol. The first-order valence-electron chi connectivity index (χ1n) is 7.86. The number of aromatic nitrogens is 3. The number of imidazole rings is 1. The summed E-state index contributed by atoms with van der Waals surface area (Å²) >= 11 is 7.93. The molecule has 0 saturated carbocycles. The van der Waals surface area contributed by atoms with Gasteiger partial charge in [-0.15, -0.1) is 0 Å². The van der Waals surface area contributed by atoms with Gasteiger partial charge in [-0.3, -0.25) is 0 Å². The van der Waals surface area contributed by atoms with Gasteiger partial charge in [0.2, 0.25) is 0 Å². The molecule has 7 nitrogen and oxygen atoms in total. The molecular weight excluding hydrogens is 366 g/mol. The Labute approximate surface area is 151 Å². The second-order valence-corrected chi connectivity index (χ2v) is 7.25. The third-order valence-electron chi connectivity index (χ3n) is 4.44. The van der Waals surface area contributed by atoms with Crippen molar-refractivity contribution in [3.05, 3.63) is 27.9 Å². The summed E-state index contributed by atoms with van der Waals surface area (Å²) in [5.41, 5.74) is 2.88. The Kier molecular flexibility index (Phi) is 3.68. The average molecular weight is 380 g/mol. The molecule has 3 aromatic rings. The van der Waals surface area contributed by atoms with Crippen molar-refractivity contribution in [2.24, 2.45) is 0 Å². The van der Waals surface area contributed by atoms with E-state index in [9.17, 15) is 5.11 Å². The van der Waals surface area contributed by atoms with E-state index >= 15 is 0 Å². The third-order valence-corrected chi connectivity index (χ3v) is 5.42. The van der Waals surface area contributed by atoms with Crippen LogP contribution >= 0.6 is 22.9 Å². The number of rotatable bonds is 3. The summed E-state index contributed by atoms with van der Waals surface area (Å²) in [5.74, 6) is 0. The zero-order chi connectivity index (χ0) is 17.0. The van der Waals surface area contributed by atoms with E-state index in [2.05, 4.69) is 15.0 Å². The molecule has 2 fully saturated rings. The summed E-state index contributed by atoms with van der Waals surface area (Å²) in [6.07, 6.45) is -1.56. The van der Waals surface area contributed by atoms with Crippen LogP contribution in [0.1, 0.15) is 0 Å². The Morgan fingerprint density at radius 2 is 2.16 bits per heavy atom. The third kappa shape index (κ3) is 2.61. The highest BCUT2D eigenvalue weighted by Crippen LogP contribution is 2.32. The Balaban J connectivity index is 1.43. The van der Waals surface area contributed by atoms with Crippen LogP contribution in [0.15, 0.2) is 22.9 Å². The van der Waals surface area contributed by atoms with Crippen molar-refractivity contribution in [1.82, 2.24) is 15.0 Å². The van der Waals surface area contributed by atoms with Crippen LogP contribution < -0.4 is 4.74 Å². The maximum absolute atomic E-state index is 9.80. The van der Waals surface area contributed by atoms with Gasteiger partial charge in [-0.2, -0.15) is 16.3 Å². The first-order chi connectivity index (χ1) is 12.2. The van der Waals surface area contributed by atoms with Crippen molar-refractivity contribution in [2.75, 3.05) is 13.2 Å². The number of H-pyrrole nitrogens is 1. The molecule has 2 aliphatic rings. The number of aliphatic hydroxyl groups excluding tert-OH is 1. The molecule has 0 aromatic carbocycles. The maximum atomic E-state index is 9.80. The van der Waals surface area contributed by atoms with E-state index in [0.29, 0.717) is 34.5 Å². The van der Waals surface area contributed by atoms with E-state index in [1.165, 1.54) is 0 Å². The van der Waals surface area contributed by atoms with Crippen molar-refractivity contribution in [3.63, 3.8) is 0 Å². The number of halogens is 1. The lowest BCUT2D eigenvalue weighted by molar-refractivity contribution is 0.00706. The van der Waals surface area contributed by atoms with E-state index in [-0.39, 0.29) is 24.9 Å². The zero-order valence-electron chi connectivity index (χ0n) is 12.9. The van der Waals surface area contributed by atoms with Crippen LogP contribution in [0.5, 0.6) is 6.01 Å². The van der Waals surface area contributed by atoms with Gasteiger partial charge in [0.15, 0.2) is 11.8 Å². The summed E-state index contributed by atoms with van der Waals surface area (Å²) in [6, 6.07) is 4.09. The molecule has 3 aromatic heterocycles. The Morgan fingerprint density at radius 3 is 3.00 bits per heavy atom. The summed E-state index contributed by atoms with van der Waals surface area (Å²) in [5, 5.41) is 14.3. The van der Waals surface area contributed by atoms with Gasteiger partial charge in [0, 0.05) is 10.9 Å². The van der Waals surface area contributed by atoms with Crippen LogP contribution in [0.3, 0.4) is 0 Å². The van der Waals surface area contributed by atoms with Crippen molar-refractivity contribution < 1.29 is 19.3 Å². The van der Waals surface area contributed by atoms with Crippen LogP contribution in [-0.2, 0) is 9.47 Å². The number of pyridine rings is 1. The highest BCUT2D eigenvalue weighted by Gasteiger charge is 2.48. The normalized spacial score (nSPS) is 28.6. The molecule has 5 heterocycles. The molecule has 0 unspecified atom stereocenters. The first kappa shape index (κ1) is 15.5. The number of aromatic amines is 1. The number of nitrogens with one attached hydrogen (secondary N) is 1. The van der Waals surface area contributed by atoms with Crippen LogP contribution in [0.2, 0.25) is 5.02 Å². The van der Waals surface area contributed by atoms with E-state index < -0.39 is 6.10 Å². The highest BCUT2D eigenvalue weighted by molar-refractivity contribution is 7.08. The number of thiophene rings is 1. The summed E-state index contributed by atoms with van der Waals surface area (Å²) in [7, 11) is 0. The minimum atomic E-state index is -0.608. The zero-order valence-corrected chi connectivity index (χ0v) is 14.5. The standard InChI is InChI=1S/C16H14ClN3O4S/c17-8-3-9-15(19-12(8)7-1-2-25-6-7)20-16(18-9)24-11-5-23-13-10(21)4-22-14(11)13/h1-3,6,10-11,13-14,21H,4-5H2,(H,18,19,20)/t10-,11-,13-,14-/m1/s1. The lowest BCUT2D eigenvalue weighted by atomic mass is 10.1. The predicted octanol–water partition coefficient (Wildman–Crippen LogP) is 2.25. The fourth-order valence-corrected chi connectivity index (χ4v) is 4.14.